The van der Waals surface area contributed by atoms with Crippen molar-refractivity contribution in [2.75, 3.05) is 19.5 Å². The Morgan fingerprint density at radius 2 is 1.77 bits per heavy atom. The highest BCUT2D eigenvalue weighted by atomic mass is 32.2. The molecule has 0 saturated heterocycles. The molecular formula is C18H23N3O4S. The number of nitrogens with one attached hydrogen (secondary N) is 1. The predicted molar refractivity (Wildman–Crippen MR) is 100 cm³/mol. The van der Waals surface area contributed by atoms with Crippen LogP contribution in [0.4, 0.5) is 5.82 Å². The second kappa shape index (κ2) is 6.75. The third-order valence-corrected chi connectivity index (χ3v) is 5.36. The zero-order valence-corrected chi connectivity index (χ0v) is 16.4. The summed E-state index contributed by atoms with van der Waals surface area (Å²) in [6.07, 6.45) is 0. The second-order valence-corrected chi connectivity index (χ2v) is 8.60. The van der Waals surface area contributed by atoms with Crippen LogP contribution >= 0.6 is 0 Å². The van der Waals surface area contributed by atoms with Crippen LogP contribution in [0.25, 0.3) is 0 Å². The van der Waals surface area contributed by atoms with Crippen molar-refractivity contribution in [3.8, 4) is 11.5 Å². The van der Waals surface area contributed by atoms with E-state index in [1.165, 1.54) is 14.2 Å². The molecule has 8 heteroatoms. The summed E-state index contributed by atoms with van der Waals surface area (Å²) in [5.74, 6) is 2.20. The van der Waals surface area contributed by atoms with Crippen molar-refractivity contribution in [3.05, 3.63) is 35.0 Å². The fraction of sp³-hybridized carbons (Fsp3) is 0.444. The van der Waals surface area contributed by atoms with Crippen molar-refractivity contribution in [2.45, 2.75) is 37.8 Å². The minimum atomic E-state index is -0.970. The van der Waals surface area contributed by atoms with Crippen molar-refractivity contribution >= 4 is 22.5 Å². The van der Waals surface area contributed by atoms with E-state index in [4.69, 9.17) is 9.47 Å². The van der Waals surface area contributed by atoms with E-state index in [0.717, 1.165) is 11.3 Å². The standard InChI is InChI=1S/C18H23N3O4S/c1-18(2,3)21-16(14-9-26(23)10-15(14)20-21)19-17(22)11-6-12(24-4)8-13(7-11)25-5/h6-8H,9-10H2,1-5H3,(H,19,22)/t26-/m1/s1. The number of fused-ring (bicyclic) bond motifs is 1. The SMILES string of the molecule is COc1cc(OC)cc(C(=O)Nc2c3c(nn2C(C)(C)C)C[S@](=O)C3)c1. The molecule has 1 aliphatic heterocycles. The minimum absolute atomic E-state index is 0.298. The maximum Gasteiger partial charge on any atom is 0.257 e. The predicted octanol–water partition coefficient (Wildman–Crippen LogP) is 2.67. The quantitative estimate of drug-likeness (QED) is 0.886. The van der Waals surface area contributed by atoms with Gasteiger partial charge in [-0.05, 0) is 32.9 Å². The van der Waals surface area contributed by atoms with Crippen molar-refractivity contribution < 1.29 is 18.5 Å². The van der Waals surface area contributed by atoms with Gasteiger partial charge in [-0.1, -0.05) is 0 Å². The average Bonchev–Trinajstić information content (AvgIpc) is 3.11. The first-order chi connectivity index (χ1) is 12.2. The molecule has 7 nitrogen and oxygen atoms in total. The van der Waals surface area contributed by atoms with Crippen LogP contribution in [0.3, 0.4) is 0 Å². The van der Waals surface area contributed by atoms with Crippen LogP contribution in [-0.4, -0.2) is 34.1 Å². The zero-order chi connectivity index (χ0) is 19.1. The molecule has 3 rings (SSSR count). The van der Waals surface area contributed by atoms with E-state index in [1.54, 1.807) is 22.9 Å². The van der Waals surface area contributed by atoms with Gasteiger partial charge in [0, 0.05) is 28.0 Å². The number of benzene rings is 1. The first-order valence-corrected chi connectivity index (χ1v) is 9.72. The van der Waals surface area contributed by atoms with Gasteiger partial charge >= 0.3 is 0 Å². The number of carbonyl (C=O) groups is 1. The number of ether oxygens (including phenoxy) is 2. The number of hydrogen-bond donors (Lipinski definition) is 1. The van der Waals surface area contributed by atoms with Gasteiger partial charge in [-0.25, -0.2) is 4.68 Å². The Morgan fingerprint density at radius 3 is 2.31 bits per heavy atom. The summed E-state index contributed by atoms with van der Waals surface area (Å²) in [5, 5.41) is 7.54. The third-order valence-electron chi connectivity index (χ3n) is 4.15. The van der Waals surface area contributed by atoms with E-state index in [1.807, 2.05) is 20.8 Å². The van der Waals surface area contributed by atoms with Crippen LogP contribution in [0.2, 0.25) is 0 Å². The minimum Gasteiger partial charge on any atom is -0.497 e. The van der Waals surface area contributed by atoms with Gasteiger partial charge in [0.05, 0.1) is 37.0 Å². The Hall–Kier alpha value is -2.35. The molecule has 1 N–H and O–H groups in total. The number of hydrogen-bond acceptors (Lipinski definition) is 5. The van der Waals surface area contributed by atoms with E-state index in [0.29, 0.717) is 34.4 Å². The number of carbonyl (C=O) groups excluding carboxylic acids is 1. The number of methoxy groups -OCH3 is 2. The zero-order valence-electron chi connectivity index (χ0n) is 15.6. The molecule has 0 bridgehead atoms. The van der Waals surface area contributed by atoms with Crippen molar-refractivity contribution in [3.63, 3.8) is 0 Å². The molecule has 0 saturated carbocycles. The van der Waals surface area contributed by atoms with Crippen LogP contribution in [0, 0.1) is 0 Å². The smallest absolute Gasteiger partial charge is 0.257 e. The molecule has 1 aromatic carbocycles. The number of anilines is 1. The van der Waals surface area contributed by atoms with Gasteiger partial charge < -0.3 is 14.8 Å². The molecular weight excluding hydrogens is 354 g/mol. The van der Waals surface area contributed by atoms with Crippen LogP contribution in [0.15, 0.2) is 18.2 Å². The number of rotatable bonds is 4. The topological polar surface area (TPSA) is 82.4 Å². The highest BCUT2D eigenvalue weighted by Crippen LogP contribution is 2.33. The maximum absolute atomic E-state index is 12.9. The van der Waals surface area contributed by atoms with Gasteiger partial charge in [0.15, 0.2) is 0 Å². The fourth-order valence-electron chi connectivity index (χ4n) is 2.86. The summed E-state index contributed by atoms with van der Waals surface area (Å²) in [7, 11) is 2.10. The van der Waals surface area contributed by atoms with Gasteiger partial charge in [-0.2, -0.15) is 5.10 Å². The lowest BCUT2D eigenvalue weighted by Gasteiger charge is -2.23. The fourth-order valence-corrected chi connectivity index (χ4v) is 4.12. The molecule has 2 aromatic rings. The van der Waals surface area contributed by atoms with Crippen LogP contribution < -0.4 is 14.8 Å². The molecule has 26 heavy (non-hydrogen) atoms. The van der Waals surface area contributed by atoms with E-state index in [-0.39, 0.29) is 11.4 Å². The van der Waals surface area contributed by atoms with Gasteiger partial charge in [0.1, 0.15) is 17.3 Å². The normalized spacial score (nSPS) is 16.3. The lowest BCUT2D eigenvalue weighted by atomic mass is 10.1. The summed E-state index contributed by atoms with van der Waals surface area (Å²) in [5.41, 5.74) is 1.73. The largest absolute Gasteiger partial charge is 0.497 e. The van der Waals surface area contributed by atoms with Crippen LogP contribution in [0.1, 0.15) is 42.4 Å². The van der Waals surface area contributed by atoms with Gasteiger partial charge in [-0.15, -0.1) is 0 Å². The third kappa shape index (κ3) is 3.46. The Balaban J connectivity index is 1.99. The second-order valence-electron chi connectivity index (χ2n) is 7.14. The lowest BCUT2D eigenvalue weighted by molar-refractivity contribution is 0.102. The van der Waals surface area contributed by atoms with E-state index < -0.39 is 10.8 Å². The summed E-state index contributed by atoms with van der Waals surface area (Å²) < 4.78 is 24.2. The Bertz CT molecular complexity index is 861. The first-order valence-electron chi connectivity index (χ1n) is 8.23. The molecule has 1 amide bonds. The molecule has 0 fully saturated rings. The molecule has 1 aromatic heterocycles. The van der Waals surface area contributed by atoms with E-state index in [2.05, 4.69) is 10.4 Å². The Kier molecular flexibility index (Phi) is 4.79. The van der Waals surface area contributed by atoms with Crippen molar-refractivity contribution in [1.29, 1.82) is 0 Å². The summed E-state index contributed by atoms with van der Waals surface area (Å²) in [6, 6.07) is 5.00. The average molecular weight is 377 g/mol. The van der Waals surface area contributed by atoms with Crippen LogP contribution in [0.5, 0.6) is 11.5 Å². The molecule has 2 heterocycles. The maximum atomic E-state index is 12.9. The molecule has 0 radical (unpaired) electrons. The monoisotopic (exact) mass is 377 g/mol. The van der Waals surface area contributed by atoms with Gasteiger partial charge in [-0.3, -0.25) is 9.00 Å². The number of nitrogens with zero attached hydrogens (tertiary/aromatic N) is 2. The lowest BCUT2D eigenvalue weighted by Crippen LogP contribution is -2.27. The summed E-state index contributed by atoms with van der Waals surface area (Å²) in [4.78, 5) is 12.9. The first kappa shape index (κ1) is 18.4. The van der Waals surface area contributed by atoms with Gasteiger partial charge in [0.25, 0.3) is 5.91 Å². The van der Waals surface area contributed by atoms with E-state index >= 15 is 0 Å². The highest BCUT2D eigenvalue weighted by molar-refractivity contribution is 7.83. The summed E-state index contributed by atoms with van der Waals surface area (Å²) >= 11 is 0. The molecule has 1 aliphatic rings. The Morgan fingerprint density at radius 1 is 1.15 bits per heavy atom. The molecule has 0 aliphatic carbocycles. The van der Waals surface area contributed by atoms with Crippen molar-refractivity contribution in [1.82, 2.24) is 9.78 Å². The molecule has 1 atom stereocenters. The van der Waals surface area contributed by atoms with E-state index in [9.17, 15) is 9.00 Å². The number of aromatic nitrogens is 2. The van der Waals surface area contributed by atoms with Crippen molar-refractivity contribution in [2.24, 2.45) is 0 Å². The summed E-state index contributed by atoms with van der Waals surface area (Å²) in [6.45, 7) is 6.03. The Labute approximate surface area is 155 Å². The highest BCUT2D eigenvalue weighted by Gasteiger charge is 2.31. The molecule has 140 valence electrons. The van der Waals surface area contributed by atoms with Crippen LogP contribution in [-0.2, 0) is 27.8 Å². The number of amides is 1. The molecule has 0 spiro atoms. The molecule has 0 unspecified atom stereocenters. The van der Waals surface area contributed by atoms with Gasteiger partial charge in [0.2, 0.25) is 0 Å².